The Labute approximate surface area is 168 Å². The number of ether oxygens (including phenoxy) is 2. The smallest absolute Gasteiger partial charge is 0.324 e. The zero-order chi connectivity index (χ0) is 21.0. The summed E-state index contributed by atoms with van der Waals surface area (Å²) in [6.07, 6.45) is 2.47. The number of rotatable bonds is 7. The molecule has 0 atom stereocenters. The van der Waals surface area contributed by atoms with Gasteiger partial charge in [0.25, 0.3) is 0 Å². The zero-order valence-electron chi connectivity index (χ0n) is 16.3. The third-order valence-electron chi connectivity index (χ3n) is 4.85. The molecule has 1 saturated heterocycles. The average molecular weight is 398 g/mol. The second-order valence-corrected chi connectivity index (χ2v) is 6.46. The highest BCUT2D eigenvalue weighted by molar-refractivity contribution is 6.09. The van der Waals surface area contributed by atoms with E-state index >= 15 is 0 Å². The molecule has 152 valence electrons. The van der Waals surface area contributed by atoms with Gasteiger partial charge in [-0.15, -0.1) is 0 Å². The Morgan fingerprint density at radius 3 is 2.66 bits per heavy atom. The van der Waals surface area contributed by atoms with Gasteiger partial charge in [0.05, 0.1) is 20.8 Å². The Kier molecular flexibility index (Phi) is 6.01. The number of hydrogen-bond acceptors (Lipinski definition) is 5. The summed E-state index contributed by atoms with van der Waals surface area (Å²) in [5, 5.41) is 7.46. The first-order chi connectivity index (χ1) is 14.0. The number of halogens is 1. The van der Waals surface area contributed by atoms with Crippen LogP contribution in [-0.4, -0.2) is 44.5 Å². The number of carbonyl (C=O) groups is 1. The highest BCUT2D eigenvalue weighted by Gasteiger charge is 2.30. The van der Waals surface area contributed by atoms with Crippen molar-refractivity contribution in [2.24, 2.45) is 5.73 Å². The van der Waals surface area contributed by atoms with E-state index in [4.69, 9.17) is 20.6 Å². The molecule has 3 N–H and O–H groups in total. The molecule has 1 aliphatic heterocycles. The quantitative estimate of drug-likeness (QED) is 0.701. The van der Waals surface area contributed by atoms with E-state index < -0.39 is 0 Å². The Balaban J connectivity index is 1.82. The molecule has 0 spiro atoms. The van der Waals surface area contributed by atoms with Crippen molar-refractivity contribution in [1.29, 1.82) is 5.41 Å². The normalized spacial score (nSPS) is 14.3. The van der Waals surface area contributed by atoms with Crippen molar-refractivity contribution in [3.8, 4) is 11.5 Å². The molecule has 0 unspecified atom stereocenters. The lowest BCUT2D eigenvalue weighted by molar-refractivity contribution is 0.218. The minimum atomic E-state index is -0.379. The van der Waals surface area contributed by atoms with Crippen LogP contribution in [0.15, 0.2) is 42.6 Å². The number of hydrogen-bond donors (Lipinski definition) is 2. The number of benzene rings is 2. The van der Waals surface area contributed by atoms with Gasteiger partial charge >= 0.3 is 6.03 Å². The van der Waals surface area contributed by atoms with Crippen LogP contribution in [0.25, 0.3) is 5.57 Å². The molecule has 1 aliphatic rings. The van der Waals surface area contributed by atoms with Gasteiger partial charge < -0.3 is 25.5 Å². The predicted molar refractivity (Wildman–Crippen MR) is 110 cm³/mol. The standard InChI is InChI=1S/C21H23FN4O3/c1-28-17-4-6-19(22)14(9-17)13-25-7-8-26(21(25)27)16-3-5-18(15(11-23)12-24)20(10-16)29-2/h3-6,9-12,23H,7-8,13,24H2,1-2H3/b15-12+,23-11?. The number of anilines is 1. The zero-order valence-corrected chi connectivity index (χ0v) is 16.3. The van der Waals surface area contributed by atoms with E-state index in [2.05, 4.69) is 0 Å². The molecular weight excluding hydrogens is 375 g/mol. The fourth-order valence-electron chi connectivity index (χ4n) is 3.28. The fraction of sp³-hybridized carbons (Fsp3) is 0.238. The lowest BCUT2D eigenvalue weighted by atomic mass is 10.1. The molecule has 0 aromatic heterocycles. The van der Waals surface area contributed by atoms with Crippen molar-refractivity contribution in [1.82, 2.24) is 4.90 Å². The molecule has 0 aliphatic carbocycles. The third kappa shape index (κ3) is 4.01. The SMILES string of the molecule is COc1ccc(F)c(CN2CCN(c3ccc(/C(C=N)=C/N)c(OC)c3)C2=O)c1. The second kappa shape index (κ2) is 8.64. The molecule has 3 rings (SSSR count). The second-order valence-electron chi connectivity index (χ2n) is 6.46. The molecule has 0 radical (unpaired) electrons. The number of nitrogens with zero attached hydrogens (tertiary/aromatic N) is 2. The lowest BCUT2D eigenvalue weighted by Gasteiger charge is -2.20. The van der Waals surface area contributed by atoms with Gasteiger partial charge in [-0.25, -0.2) is 9.18 Å². The van der Waals surface area contributed by atoms with Crippen LogP contribution in [0.5, 0.6) is 11.5 Å². The Bertz CT molecular complexity index is 961. The molecule has 2 amide bonds. The molecule has 1 fully saturated rings. The number of nitrogens with one attached hydrogen (secondary N) is 1. The van der Waals surface area contributed by atoms with Crippen LogP contribution in [0.4, 0.5) is 14.9 Å². The van der Waals surface area contributed by atoms with Crippen LogP contribution in [0.2, 0.25) is 0 Å². The van der Waals surface area contributed by atoms with E-state index in [1.807, 2.05) is 0 Å². The highest BCUT2D eigenvalue weighted by Crippen LogP contribution is 2.32. The van der Waals surface area contributed by atoms with E-state index in [0.717, 1.165) is 6.21 Å². The van der Waals surface area contributed by atoms with Crippen molar-refractivity contribution in [3.05, 3.63) is 59.5 Å². The lowest BCUT2D eigenvalue weighted by Crippen LogP contribution is -2.31. The van der Waals surface area contributed by atoms with Crippen LogP contribution < -0.4 is 20.1 Å². The van der Waals surface area contributed by atoms with Crippen LogP contribution in [0, 0.1) is 11.2 Å². The summed E-state index contributed by atoms with van der Waals surface area (Å²) in [5.41, 5.74) is 7.80. The van der Waals surface area contributed by atoms with Crippen molar-refractivity contribution < 1.29 is 18.7 Å². The summed E-state index contributed by atoms with van der Waals surface area (Å²) < 4.78 is 24.7. The van der Waals surface area contributed by atoms with Crippen molar-refractivity contribution in [3.63, 3.8) is 0 Å². The average Bonchev–Trinajstić information content (AvgIpc) is 3.11. The third-order valence-corrected chi connectivity index (χ3v) is 4.85. The Morgan fingerprint density at radius 1 is 1.21 bits per heavy atom. The van der Waals surface area contributed by atoms with Crippen molar-refractivity contribution >= 4 is 23.5 Å². The van der Waals surface area contributed by atoms with E-state index in [9.17, 15) is 9.18 Å². The molecule has 0 bridgehead atoms. The molecule has 0 saturated carbocycles. The summed E-state index contributed by atoms with van der Waals surface area (Å²) >= 11 is 0. The summed E-state index contributed by atoms with van der Waals surface area (Å²) in [5.74, 6) is 0.670. The maximum atomic E-state index is 14.1. The summed E-state index contributed by atoms with van der Waals surface area (Å²) in [7, 11) is 3.03. The summed E-state index contributed by atoms with van der Waals surface area (Å²) in [4.78, 5) is 16.1. The Hall–Kier alpha value is -3.55. The number of amides is 2. The van der Waals surface area contributed by atoms with Gasteiger partial charge in [0.1, 0.15) is 17.3 Å². The van der Waals surface area contributed by atoms with Crippen LogP contribution in [0.3, 0.4) is 0 Å². The first-order valence-corrected chi connectivity index (χ1v) is 9.02. The fourth-order valence-corrected chi connectivity index (χ4v) is 3.28. The minimum absolute atomic E-state index is 0.154. The molecule has 2 aromatic carbocycles. The minimum Gasteiger partial charge on any atom is -0.497 e. The Morgan fingerprint density at radius 2 is 2.00 bits per heavy atom. The van der Waals surface area contributed by atoms with E-state index in [-0.39, 0.29) is 18.4 Å². The van der Waals surface area contributed by atoms with Gasteiger partial charge in [0.15, 0.2) is 0 Å². The number of methoxy groups -OCH3 is 2. The largest absolute Gasteiger partial charge is 0.497 e. The van der Waals surface area contributed by atoms with Crippen LogP contribution in [0.1, 0.15) is 11.1 Å². The van der Waals surface area contributed by atoms with Crippen LogP contribution in [-0.2, 0) is 6.54 Å². The monoisotopic (exact) mass is 398 g/mol. The number of urea groups is 1. The molecule has 2 aromatic rings. The molecule has 8 heteroatoms. The number of allylic oxidation sites excluding steroid dienone is 1. The van der Waals surface area contributed by atoms with Gasteiger partial charge in [-0.1, -0.05) is 0 Å². The van der Waals surface area contributed by atoms with E-state index in [1.165, 1.54) is 26.5 Å². The van der Waals surface area contributed by atoms with Gasteiger partial charge in [-0.05, 0) is 30.3 Å². The van der Waals surface area contributed by atoms with E-state index in [0.29, 0.717) is 47.0 Å². The molecule has 1 heterocycles. The number of nitrogens with two attached hydrogens (primary N) is 1. The van der Waals surface area contributed by atoms with E-state index in [1.54, 1.807) is 40.1 Å². The summed E-state index contributed by atoms with van der Waals surface area (Å²) in [6, 6.07) is 9.53. The molecule has 7 nitrogen and oxygen atoms in total. The molecule has 29 heavy (non-hydrogen) atoms. The maximum absolute atomic E-state index is 14.1. The van der Waals surface area contributed by atoms with Crippen molar-refractivity contribution in [2.75, 3.05) is 32.2 Å². The first-order valence-electron chi connectivity index (χ1n) is 9.02. The first kappa shape index (κ1) is 20.2. The molecular formula is C21H23FN4O3. The highest BCUT2D eigenvalue weighted by atomic mass is 19.1. The van der Waals surface area contributed by atoms with Crippen molar-refractivity contribution in [2.45, 2.75) is 6.54 Å². The number of carbonyl (C=O) groups excluding carboxylic acids is 1. The van der Waals surface area contributed by atoms with Gasteiger partial charge in [-0.3, -0.25) is 4.90 Å². The topological polar surface area (TPSA) is 91.9 Å². The summed E-state index contributed by atoms with van der Waals surface area (Å²) in [6.45, 7) is 1.09. The van der Waals surface area contributed by atoms with Crippen LogP contribution >= 0.6 is 0 Å². The maximum Gasteiger partial charge on any atom is 0.324 e. The van der Waals surface area contributed by atoms with Gasteiger partial charge in [0, 0.05) is 54.0 Å². The predicted octanol–water partition coefficient (Wildman–Crippen LogP) is 3.23. The van der Waals surface area contributed by atoms with Gasteiger partial charge in [-0.2, -0.15) is 0 Å². The van der Waals surface area contributed by atoms with Gasteiger partial charge in [0.2, 0.25) is 0 Å².